The molecular weight excluding hydrogens is 212 g/mol. The smallest absolute Gasteiger partial charge is 0.364 e. The van der Waals surface area contributed by atoms with E-state index < -0.39 is 42.5 Å². The number of hydrogen-bond acceptors (Lipinski definition) is 6. The van der Waals surface area contributed by atoms with Crippen molar-refractivity contribution >= 4 is 11.9 Å². The van der Waals surface area contributed by atoms with E-state index in [2.05, 4.69) is 4.74 Å². The van der Waals surface area contributed by atoms with Crippen LogP contribution in [-0.4, -0.2) is 61.6 Å². The molecule has 4 atom stereocenters. The van der Waals surface area contributed by atoms with Gasteiger partial charge in [-0.3, -0.25) is 0 Å². The molecule has 15 heavy (non-hydrogen) atoms. The van der Waals surface area contributed by atoms with Crippen LogP contribution in [0.25, 0.3) is 0 Å². The number of aliphatic carboxylic acids is 2. The summed E-state index contributed by atoms with van der Waals surface area (Å²) in [5.41, 5.74) is 0. The molecule has 8 nitrogen and oxygen atoms in total. The number of carboxylic acid groups (broad SMARTS) is 2. The van der Waals surface area contributed by atoms with Crippen molar-refractivity contribution in [2.75, 3.05) is 0 Å². The van der Waals surface area contributed by atoms with E-state index in [0.29, 0.717) is 0 Å². The number of aliphatic hydroxyl groups is 3. The highest BCUT2D eigenvalue weighted by molar-refractivity contribution is 5.78. The second-order valence-corrected chi connectivity index (χ2v) is 3.23. The van der Waals surface area contributed by atoms with E-state index in [1.165, 1.54) is 0 Å². The lowest BCUT2D eigenvalue weighted by molar-refractivity contribution is -0.291. The minimum atomic E-state index is -2.79. The highest BCUT2D eigenvalue weighted by Gasteiger charge is 2.52. The van der Waals surface area contributed by atoms with Crippen LogP contribution in [0.5, 0.6) is 0 Å². The maximum atomic E-state index is 10.5. The molecule has 1 aliphatic rings. The Labute approximate surface area is 83.3 Å². The first-order valence-electron chi connectivity index (χ1n) is 4.00. The highest BCUT2D eigenvalue weighted by Crippen LogP contribution is 2.27. The van der Waals surface area contributed by atoms with Crippen molar-refractivity contribution < 1.29 is 39.9 Å². The van der Waals surface area contributed by atoms with E-state index in [-0.39, 0.29) is 0 Å². The zero-order chi connectivity index (χ0) is 11.8. The molecule has 0 spiro atoms. The lowest BCUT2D eigenvalue weighted by Gasteiger charge is -2.37. The zero-order valence-electron chi connectivity index (χ0n) is 7.40. The Bertz CT molecular complexity index is 289. The molecule has 0 aromatic carbocycles. The van der Waals surface area contributed by atoms with E-state index in [1.807, 2.05) is 0 Å². The molecule has 86 valence electrons. The van der Waals surface area contributed by atoms with Crippen LogP contribution in [0.15, 0.2) is 0 Å². The van der Waals surface area contributed by atoms with Gasteiger partial charge >= 0.3 is 11.9 Å². The second kappa shape index (κ2) is 3.74. The normalized spacial score (nSPS) is 41.1. The average Bonchev–Trinajstić information content (AvgIpc) is 2.10. The molecule has 1 saturated heterocycles. The van der Waals surface area contributed by atoms with Gasteiger partial charge < -0.3 is 30.3 Å². The summed E-state index contributed by atoms with van der Waals surface area (Å²) in [6.07, 6.45) is -6.23. The molecular formula is C7H10O8. The minimum absolute atomic E-state index is 0.798. The predicted molar refractivity (Wildman–Crippen MR) is 41.7 cm³/mol. The molecule has 8 heteroatoms. The second-order valence-electron chi connectivity index (χ2n) is 3.23. The summed E-state index contributed by atoms with van der Waals surface area (Å²) in [6, 6.07) is 0. The first-order valence-corrected chi connectivity index (χ1v) is 4.00. The summed E-state index contributed by atoms with van der Waals surface area (Å²) in [5, 5.41) is 44.7. The molecule has 1 rings (SSSR count). The van der Waals surface area contributed by atoms with Crippen molar-refractivity contribution in [1.29, 1.82) is 0 Å². The van der Waals surface area contributed by atoms with Crippen molar-refractivity contribution in [1.82, 2.24) is 0 Å². The number of aliphatic hydroxyl groups excluding tert-OH is 2. The number of carbonyl (C=O) groups is 2. The summed E-state index contributed by atoms with van der Waals surface area (Å²) in [7, 11) is 0. The van der Waals surface area contributed by atoms with Gasteiger partial charge in [0, 0.05) is 6.42 Å². The van der Waals surface area contributed by atoms with Crippen LogP contribution in [-0.2, 0) is 14.3 Å². The molecule has 1 aliphatic heterocycles. The molecule has 1 fully saturated rings. The largest absolute Gasteiger partial charge is 0.479 e. The van der Waals surface area contributed by atoms with Crippen LogP contribution in [0.2, 0.25) is 0 Å². The quantitative estimate of drug-likeness (QED) is 0.341. The van der Waals surface area contributed by atoms with Crippen LogP contribution in [0.1, 0.15) is 6.42 Å². The summed E-state index contributed by atoms with van der Waals surface area (Å²) in [4.78, 5) is 21.1. The van der Waals surface area contributed by atoms with E-state index in [1.54, 1.807) is 0 Å². The average molecular weight is 222 g/mol. The number of hydrogen-bond donors (Lipinski definition) is 5. The van der Waals surface area contributed by atoms with Gasteiger partial charge in [-0.2, -0.15) is 0 Å². The van der Waals surface area contributed by atoms with Crippen LogP contribution in [0, 0.1) is 0 Å². The van der Waals surface area contributed by atoms with Gasteiger partial charge in [-0.15, -0.1) is 0 Å². The maximum Gasteiger partial charge on any atom is 0.364 e. The summed E-state index contributed by atoms with van der Waals surface area (Å²) in [6.45, 7) is 0. The van der Waals surface area contributed by atoms with E-state index in [9.17, 15) is 14.7 Å². The number of carboxylic acids is 2. The third kappa shape index (κ3) is 2.07. The molecule has 1 unspecified atom stereocenters. The van der Waals surface area contributed by atoms with Crippen molar-refractivity contribution in [3.63, 3.8) is 0 Å². The lowest BCUT2D eigenvalue weighted by Crippen LogP contribution is -2.60. The fourth-order valence-electron chi connectivity index (χ4n) is 1.27. The van der Waals surface area contributed by atoms with Gasteiger partial charge in [-0.1, -0.05) is 0 Å². The van der Waals surface area contributed by atoms with Crippen molar-refractivity contribution in [2.45, 2.75) is 30.5 Å². The SMILES string of the molecule is O=C(O)[C@H]1OC(O)(C(=O)O)C[C@@H](O)[C@H]1O. The molecule has 0 aromatic rings. The Morgan fingerprint density at radius 2 is 1.80 bits per heavy atom. The first-order chi connectivity index (χ1) is 6.78. The first kappa shape index (κ1) is 11.9. The zero-order valence-corrected chi connectivity index (χ0v) is 7.40. The summed E-state index contributed by atoms with van der Waals surface area (Å²) < 4.78 is 4.33. The van der Waals surface area contributed by atoms with Crippen molar-refractivity contribution in [3.8, 4) is 0 Å². The van der Waals surface area contributed by atoms with E-state index >= 15 is 0 Å². The molecule has 5 N–H and O–H groups in total. The fraction of sp³-hybridized carbons (Fsp3) is 0.714. The highest BCUT2D eigenvalue weighted by atomic mass is 16.7. The summed E-state index contributed by atoms with van der Waals surface area (Å²) >= 11 is 0. The molecule has 1 heterocycles. The van der Waals surface area contributed by atoms with Crippen LogP contribution < -0.4 is 0 Å². The molecule has 0 bridgehead atoms. The standard InChI is InChI=1S/C7H10O8/c8-2-1-7(14,6(12)13)15-4(3(2)9)5(10)11/h2-4,8-9,14H,1H2,(H,10,11)(H,12,13)/t2-,3-,4+,7?/m1/s1. The molecule has 0 aromatic heterocycles. The molecule has 0 saturated carbocycles. The van der Waals surface area contributed by atoms with Crippen LogP contribution in [0.3, 0.4) is 0 Å². The Balaban J connectivity index is 2.93. The Morgan fingerprint density at radius 3 is 2.20 bits per heavy atom. The number of rotatable bonds is 2. The van der Waals surface area contributed by atoms with Gasteiger partial charge in [0.15, 0.2) is 6.10 Å². The van der Waals surface area contributed by atoms with Crippen molar-refractivity contribution in [3.05, 3.63) is 0 Å². The van der Waals surface area contributed by atoms with Crippen LogP contribution in [0.4, 0.5) is 0 Å². The Hall–Kier alpha value is -1.22. The Kier molecular flexibility index (Phi) is 2.95. The van der Waals surface area contributed by atoms with Gasteiger partial charge in [0.25, 0.3) is 5.79 Å². The van der Waals surface area contributed by atoms with Gasteiger partial charge in [-0.05, 0) is 0 Å². The van der Waals surface area contributed by atoms with Gasteiger partial charge in [0.1, 0.15) is 6.10 Å². The van der Waals surface area contributed by atoms with Gasteiger partial charge in [-0.25, -0.2) is 9.59 Å². The van der Waals surface area contributed by atoms with Gasteiger partial charge in [0.2, 0.25) is 0 Å². The number of ether oxygens (including phenoxy) is 1. The minimum Gasteiger partial charge on any atom is -0.479 e. The Morgan fingerprint density at radius 1 is 1.27 bits per heavy atom. The van der Waals surface area contributed by atoms with E-state index in [4.69, 9.17) is 20.4 Å². The monoisotopic (exact) mass is 222 g/mol. The third-order valence-corrected chi connectivity index (χ3v) is 2.09. The third-order valence-electron chi connectivity index (χ3n) is 2.09. The predicted octanol–water partition coefficient (Wildman–Crippen LogP) is -2.65. The lowest BCUT2D eigenvalue weighted by atomic mass is 9.95. The topological polar surface area (TPSA) is 145 Å². The van der Waals surface area contributed by atoms with Crippen LogP contribution >= 0.6 is 0 Å². The van der Waals surface area contributed by atoms with Gasteiger partial charge in [0.05, 0.1) is 6.10 Å². The van der Waals surface area contributed by atoms with Crippen molar-refractivity contribution in [2.24, 2.45) is 0 Å². The molecule has 0 aliphatic carbocycles. The van der Waals surface area contributed by atoms with E-state index in [0.717, 1.165) is 0 Å². The fourth-order valence-corrected chi connectivity index (χ4v) is 1.27. The molecule has 0 amide bonds. The maximum absolute atomic E-state index is 10.5. The molecule has 0 radical (unpaired) electrons. The summed E-state index contributed by atoms with van der Waals surface area (Å²) in [5.74, 6) is -6.28.